The van der Waals surface area contributed by atoms with Crippen molar-refractivity contribution in [3.8, 4) is 11.1 Å². The van der Waals surface area contributed by atoms with Gasteiger partial charge in [-0.3, -0.25) is 9.59 Å². The van der Waals surface area contributed by atoms with Crippen molar-refractivity contribution >= 4 is 17.8 Å². The fraction of sp³-hybridized carbons (Fsp3) is 0.520. The Labute approximate surface area is 190 Å². The van der Waals surface area contributed by atoms with Gasteiger partial charge in [0.15, 0.2) is 0 Å². The highest BCUT2D eigenvalue weighted by Gasteiger charge is 2.30. The Morgan fingerprint density at radius 3 is 2.47 bits per heavy atom. The van der Waals surface area contributed by atoms with Gasteiger partial charge < -0.3 is 15.5 Å². The number of primary amides is 1. The third kappa shape index (κ3) is 4.92. The molecule has 4 rings (SSSR count). The maximum atomic E-state index is 13.0. The van der Waals surface area contributed by atoms with Gasteiger partial charge >= 0.3 is 0 Å². The Morgan fingerprint density at radius 1 is 1.09 bits per heavy atom. The third-order valence-electron chi connectivity index (χ3n) is 6.78. The largest absolute Gasteiger partial charge is 0.366 e. The predicted octanol–water partition coefficient (Wildman–Crippen LogP) is 3.59. The molecule has 1 aliphatic carbocycles. The lowest BCUT2D eigenvalue weighted by molar-refractivity contribution is -0.133. The number of carbonyl (C=O) groups excluding carboxylic acids is 2. The number of nitrogens with two attached hydrogens (primary N) is 1. The lowest BCUT2D eigenvalue weighted by Crippen LogP contribution is -2.40. The molecule has 1 aromatic heterocycles. The van der Waals surface area contributed by atoms with Gasteiger partial charge in [0.25, 0.3) is 0 Å². The molecule has 32 heavy (non-hydrogen) atoms. The second-order valence-electron chi connectivity index (χ2n) is 9.34. The van der Waals surface area contributed by atoms with Crippen molar-refractivity contribution in [3.63, 3.8) is 0 Å². The molecule has 0 radical (unpaired) electrons. The average molecular weight is 436 g/mol. The number of hydrogen-bond acceptors (Lipinski definition) is 5. The minimum absolute atomic E-state index is 0.156. The smallest absolute Gasteiger partial charge is 0.248 e. The van der Waals surface area contributed by atoms with Crippen molar-refractivity contribution < 1.29 is 9.59 Å². The second kappa shape index (κ2) is 9.67. The molecule has 0 bridgehead atoms. The number of amides is 2. The Balaban J connectivity index is 1.60. The fourth-order valence-electron chi connectivity index (χ4n) is 4.97. The van der Waals surface area contributed by atoms with Crippen LogP contribution < -0.4 is 10.6 Å². The standard InChI is InChI=1S/C25H33N5O2/c1-29(2)25-27-15-21(18-9-11-19(12-10-18)24(26)32)23(28-25)20-8-5-13-30(16-20)22(31)14-17-6-3-4-7-17/h9-12,15,17,20H,3-8,13-14,16H2,1-2H3,(H2,26,32)/t20-/m0/s1. The summed E-state index contributed by atoms with van der Waals surface area (Å²) in [6, 6.07) is 7.26. The number of rotatable bonds is 6. The first-order chi connectivity index (χ1) is 15.4. The van der Waals surface area contributed by atoms with Gasteiger partial charge in [-0.1, -0.05) is 25.0 Å². The van der Waals surface area contributed by atoms with Crippen LogP contribution in [0.2, 0.25) is 0 Å². The molecular weight excluding hydrogens is 402 g/mol. The summed E-state index contributed by atoms with van der Waals surface area (Å²) in [7, 11) is 3.86. The summed E-state index contributed by atoms with van der Waals surface area (Å²) >= 11 is 0. The van der Waals surface area contributed by atoms with E-state index in [9.17, 15) is 9.59 Å². The number of benzene rings is 1. The van der Waals surface area contributed by atoms with Gasteiger partial charge in [-0.05, 0) is 49.3 Å². The molecule has 1 saturated heterocycles. The molecule has 2 fully saturated rings. The molecule has 1 saturated carbocycles. The van der Waals surface area contributed by atoms with Crippen LogP contribution in [0.4, 0.5) is 5.95 Å². The first-order valence-corrected chi connectivity index (χ1v) is 11.6. The molecule has 1 aliphatic heterocycles. The Hall–Kier alpha value is -2.96. The van der Waals surface area contributed by atoms with Crippen LogP contribution >= 0.6 is 0 Å². The van der Waals surface area contributed by atoms with Crippen LogP contribution in [0.3, 0.4) is 0 Å². The van der Waals surface area contributed by atoms with E-state index in [1.807, 2.05) is 42.2 Å². The molecule has 2 amide bonds. The van der Waals surface area contributed by atoms with E-state index < -0.39 is 5.91 Å². The average Bonchev–Trinajstić information content (AvgIpc) is 3.32. The lowest BCUT2D eigenvalue weighted by Gasteiger charge is -2.34. The van der Waals surface area contributed by atoms with Crippen LogP contribution in [0.5, 0.6) is 0 Å². The molecule has 0 unspecified atom stereocenters. The number of nitrogens with zero attached hydrogens (tertiary/aromatic N) is 4. The number of anilines is 1. The highest BCUT2D eigenvalue weighted by Crippen LogP contribution is 2.35. The zero-order valence-electron chi connectivity index (χ0n) is 19.1. The Kier molecular flexibility index (Phi) is 6.72. The summed E-state index contributed by atoms with van der Waals surface area (Å²) in [5, 5.41) is 0. The number of carbonyl (C=O) groups is 2. The van der Waals surface area contributed by atoms with Crippen LogP contribution in [0, 0.1) is 5.92 Å². The van der Waals surface area contributed by atoms with Gasteiger partial charge in [-0.15, -0.1) is 0 Å². The summed E-state index contributed by atoms with van der Waals surface area (Å²) in [6.07, 6.45) is 9.39. The van der Waals surface area contributed by atoms with E-state index in [1.54, 1.807) is 12.1 Å². The topological polar surface area (TPSA) is 92.4 Å². The summed E-state index contributed by atoms with van der Waals surface area (Å²) in [5.41, 5.74) is 8.73. The molecule has 2 aromatic rings. The minimum Gasteiger partial charge on any atom is -0.366 e. The van der Waals surface area contributed by atoms with Crippen LogP contribution in [0.1, 0.15) is 66.9 Å². The van der Waals surface area contributed by atoms with Crippen LogP contribution in [0.15, 0.2) is 30.5 Å². The normalized spacial score (nSPS) is 19.2. The monoisotopic (exact) mass is 435 g/mol. The van der Waals surface area contributed by atoms with Crippen molar-refractivity contribution in [3.05, 3.63) is 41.7 Å². The van der Waals surface area contributed by atoms with E-state index in [0.717, 1.165) is 36.2 Å². The van der Waals surface area contributed by atoms with E-state index in [0.29, 0.717) is 30.4 Å². The zero-order chi connectivity index (χ0) is 22.7. The number of piperidine rings is 1. The first kappa shape index (κ1) is 22.2. The zero-order valence-corrected chi connectivity index (χ0v) is 19.1. The van der Waals surface area contributed by atoms with Crippen molar-refractivity contribution in [1.29, 1.82) is 0 Å². The quantitative estimate of drug-likeness (QED) is 0.748. The highest BCUT2D eigenvalue weighted by atomic mass is 16.2. The molecule has 1 atom stereocenters. The molecule has 2 aliphatic rings. The minimum atomic E-state index is -0.445. The van der Waals surface area contributed by atoms with E-state index in [1.165, 1.54) is 25.7 Å². The van der Waals surface area contributed by atoms with Gasteiger partial charge in [0.1, 0.15) is 0 Å². The molecule has 2 N–H and O–H groups in total. The van der Waals surface area contributed by atoms with Crippen molar-refractivity contribution in [2.24, 2.45) is 11.7 Å². The summed E-state index contributed by atoms with van der Waals surface area (Å²) < 4.78 is 0. The van der Waals surface area contributed by atoms with E-state index >= 15 is 0 Å². The molecule has 2 heterocycles. The van der Waals surface area contributed by atoms with Crippen LogP contribution in [0.25, 0.3) is 11.1 Å². The molecule has 170 valence electrons. The van der Waals surface area contributed by atoms with Crippen molar-refractivity contribution in [1.82, 2.24) is 14.9 Å². The predicted molar refractivity (Wildman–Crippen MR) is 125 cm³/mol. The van der Waals surface area contributed by atoms with Gasteiger partial charge in [0.2, 0.25) is 17.8 Å². The molecular formula is C25H33N5O2. The van der Waals surface area contributed by atoms with Crippen molar-refractivity contribution in [2.75, 3.05) is 32.1 Å². The first-order valence-electron chi connectivity index (χ1n) is 11.6. The van der Waals surface area contributed by atoms with Gasteiger partial charge in [-0.25, -0.2) is 9.97 Å². The lowest BCUT2D eigenvalue weighted by atomic mass is 9.89. The maximum absolute atomic E-state index is 13.0. The van der Waals surface area contributed by atoms with E-state index in [-0.39, 0.29) is 11.8 Å². The van der Waals surface area contributed by atoms with Crippen molar-refractivity contribution in [2.45, 2.75) is 50.9 Å². The summed E-state index contributed by atoms with van der Waals surface area (Å²) in [5.74, 6) is 1.22. The van der Waals surface area contributed by atoms with E-state index in [4.69, 9.17) is 10.7 Å². The van der Waals surface area contributed by atoms with Gasteiger partial charge in [0, 0.05) is 56.8 Å². The third-order valence-corrected chi connectivity index (χ3v) is 6.78. The molecule has 7 nitrogen and oxygen atoms in total. The highest BCUT2D eigenvalue weighted by molar-refractivity contribution is 5.93. The molecule has 7 heteroatoms. The second-order valence-corrected chi connectivity index (χ2v) is 9.34. The summed E-state index contributed by atoms with van der Waals surface area (Å²) in [4.78, 5) is 37.9. The Bertz CT molecular complexity index is 967. The maximum Gasteiger partial charge on any atom is 0.248 e. The fourth-order valence-corrected chi connectivity index (χ4v) is 4.97. The number of aromatic nitrogens is 2. The van der Waals surface area contributed by atoms with Gasteiger partial charge in [-0.2, -0.15) is 0 Å². The summed E-state index contributed by atoms with van der Waals surface area (Å²) in [6.45, 7) is 1.53. The molecule has 0 spiro atoms. The Morgan fingerprint density at radius 2 is 1.81 bits per heavy atom. The number of likely N-dealkylation sites (tertiary alicyclic amines) is 1. The SMILES string of the molecule is CN(C)c1ncc(-c2ccc(C(N)=O)cc2)c([C@H]2CCCN(C(=O)CC3CCCC3)C2)n1. The number of hydrogen-bond donors (Lipinski definition) is 1. The van der Waals surface area contributed by atoms with Crippen LogP contribution in [-0.4, -0.2) is 53.9 Å². The van der Waals surface area contributed by atoms with Gasteiger partial charge in [0.05, 0.1) is 5.69 Å². The van der Waals surface area contributed by atoms with Crippen LogP contribution in [-0.2, 0) is 4.79 Å². The van der Waals surface area contributed by atoms with E-state index in [2.05, 4.69) is 4.98 Å². The molecule has 1 aromatic carbocycles.